The van der Waals surface area contributed by atoms with Crippen molar-refractivity contribution >= 4 is 17.3 Å². The zero-order valence-electron chi connectivity index (χ0n) is 18.7. The highest BCUT2D eigenvalue weighted by molar-refractivity contribution is 5.92. The molecule has 0 aliphatic rings. The number of carbonyl (C=O) groups is 3. The third kappa shape index (κ3) is 8.30. The van der Waals surface area contributed by atoms with Gasteiger partial charge in [0.05, 0.1) is 24.3 Å². The van der Waals surface area contributed by atoms with Crippen molar-refractivity contribution in [1.29, 1.82) is 0 Å². The number of ketones is 3. The second-order valence-corrected chi connectivity index (χ2v) is 6.69. The van der Waals surface area contributed by atoms with Gasteiger partial charge >= 0.3 is 0 Å². The molecule has 3 aromatic heterocycles. The highest BCUT2D eigenvalue weighted by Crippen LogP contribution is 1.94. The molecule has 168 valence electrons. The van der Waals surface area contributed by atoms with E-state index in [1.54, 1.807) is 20.0 Å². The van der Waals surface area contributed by atoms with Crippen molar-refractivity contribution < 1.29 is 23.8 Å². The van der Waals surface area contributed by atoms with Crippen LogP contribution in [0.2, 0.25) is 0 Å². The maximum Gasteiger partial charge on any atom is 0.210 e. The lowest BCUT2D eigenvalue weighted by atomic mass is 10.3. The minimum Gasteiger partial charge on any atom is -0.618 e. The van der Waals surface area contributed by atoms with Crippen LogP contribution in [0.15, 0.2) is 37.2 Å². The molecule has 0 spiro atoms. The summed E-state index contributed by atoms with van der Waals surface area (Å²) >= 11 is 0. The standard InChI is InChI=1S/2C7H8N2O2.C7H8N2O/c2*1-5-3-8-7(6(2)10)4-9(5)11;1-5-3-9-7(4-8-5)6(2)10/h2*3-4H,1-2H3;3-4H,1-2H3. The first-order valence-electron chi connectivity index (χ1n) is 9.35. The fourth-order valence-electron chi connectivity index (χ4n) is 1.87. The number of rotatable bonds is 3. The first-order chi connectivity index (χ1) is 14.9. The fraction of sp³-hybridized carbons (Fsp3) is 0.286. The molecule has 0 aromatic carbocycles. The molecule has 32 heavy (non-hydrogen) atoms. The van der Waals surface area contributed by atoms with Crippen LogP contribution in [0.4, 0.5) is 0 Å². The van der Waals surface area contributed by atoms with Gasteiger partial charge in [0.25, 0.3) is 0 Å². The number of carbonyl (C=O) groups excluding carboxylic acids is 3. The molecule has 0 aliphatic carbocycles. The van der Waals surface area contributed by atoms with E-state index < -0.39 is 0 Å². The molecule has 11 nitrogen and oxygen atoms in total. The smallest absolute Gasteiger partial charge is 0.210 e. The maximum absolute atomic E-state index is 10.9. The van der Waals surface area contributed by atoms with Crippen LogP contribution < -0.4 is 9.46 Å². The van der Waals surface area contributed by atoms with Crippen LogP contribution in [0.25, 0.3) is 0 Å². The molecule has 3 aromatic rings. The molecule has 0 N–H and O–H groups in total. The Bertz CT molecular complexity index is 1050. The molecule has 0 saturated heterocycles. The minimum absolute atomic E-state index is 0.0486. The van der Waals surface area contributed by atoms with E-state index in [1.807, 2.05) is 6.92 Å². The Morgan fingerprint density at radius 2 is 1.00 bits per heavy atom. The second kappa shape index (κ2) is 11.9. The van der Waals surface area contributed by atoms with E-state index in [9.17, 15) is 24.8 Å². The Morgan fingerprint density at radius 1 is 0.625 bits per heavy atom. The van der Waals surface area contributed by atoms with Crippen molar-refractivity contribution in [3.05, 3.63) is 81.8 Å². The van der Waals surface area contributed by atoms with Gasteiger partial charge in [-0.15, -0.1) is 0 Å². The van der Waals surface area contributed by atoms with Crippen LogP contribution in [0.3, 0.4) is 0 Å². The molecule has 0 unspecified atom stereocenters. The third-order valence-corrected chi connectivity index (χ3v) is 3.82. The Hall–Kier alpha value is -4.15. The van der Waals surface area contributed by atoms with E-state index in [0.717, 1.165) is 5.69 Å². The van der Waals surface area contributed by atoms with Gasteiger partial charge < -0.3 is 10.4 Å². The van der Waals surface area contributed by atoms with Crippen molar-refractivity contribution in [3.8, 4) is 0 Å². The Kier molecular flexibility index (Phi) is 9.62. The SMILES string of the molecule is CC(=O)c1c[n+]([O-])c(C)cn1.CC(=O)c1c[n+]([O-])c(C)cn1.CC(=O)c1cnc(C)cn1. The lowest BCUT2D eigenvalue weighted by molar-refractivity contribution is -0.613. The summed E-state index contributed by atoms with van der Waals surface area (Å²) in [7, 11) is 0. The maximum atomic E-state index is 10.9. The van der Waals surface area contributed by atoms with E-state index in [-0.39, 0.29) is 28.7 Å². The Balaban J connectivity index is 0.000000240. The lowest BCUT2D eigenvalue weighted by Gasteiger charge is -1.99. The summed E-state index contributed by atoms with van der Waals surface area (Å²) < 4.78 is 1.26. The van der Waals surface area contributed by atoms with E-state index in [0.29, 0.717) is 26.5 Å². The number of hydrogen-bond acceptors (Lipinski definition) is 9. The Morgan fingerprint density at radius 3 is 1.28 bits per heavy atom. The van der Waals surface area contributed by atoms with E-state index >= 15 is 0 Å². The summed E-state index contributed by atoms with van der Waals surface area (Å²) in [4.78, 5) is 47.4. The molecule has 3 rings (SSSR count). The van der Waals surface area contributed by atoms with Gasteiger partial charge in [0.15, 0.2) is 28.7 Å². The number of aryl methyl sites for hydroxylation is 3. The van der Waals surface area contributed by atoms with Crippen molar-refractivity contribution in [3.63, 3.8) is 0 Å². The average Bonchev–Trinajstić information content (AvgIpc) is 2.73. The lowest BCUT2D eigenvalue weighted by Crippen LogP contribution is -2.31. The first-order valence-corrected chi connectivity index (χ1v) is 9.35. The van der Waals surface area contributed by atoms with Gasteiger partial charge in [0.1, 0.15) is 5.69 Å². The third-order valence-electron chi connectivity index (χ3n) is 3.82. The Labute approximate surface area is 185 Å². The van der Waals surface area contributed by atoms with Crippen molar-refractivity contribution in [2.75, 3.05) is 0 Å². The minimum atomic E-state index is -0.199. The molecule has 0 atom stereocenters. The number of nitrogens with zero attached hydrogens (tertiary/aromatic N) is 6. The summed E-state index contributed by atoms with van der Waals surface area (Å²) in [5.41, 5.74) is 2.61. The predicted octanol–water partition coefficient (Wildman–Crippen LogP) is 1.44. The molecule has 0 saturated carbocycles. The summed E-state index contributed by atoms with van der Waals surface area (Å²) in [6.07, 6.45) is 8.18. The van der Waals surface area contributed by atoms with Gasteiger partial charge in [-0.25, -0.2) is 15.0 Å². The first kappa shape index (κ1) is 25.9. The molecule has 11 heteroatoms. The van der Waals surface area contributed by atoms with E-state index in [2.05, 4.69) is 19.9 Å². The van der Waals surface area contributed by atoms with Crippen LogP contribution in [0.5, 0.6) is 0 Å². The number of Topliss-reactive ketones (excluding diaryl/α,β-unsaturated/α-hetero) is 3. The molecule has 0 radical (unpaired) electrons. The summed E-state index contributed by atoms with van der Waals surface area (Å²) in [5.74, 6) is -0.447. The fourth-order valence-corrected chi connectivity index (χ4v) is 1.87. The summed E-state index contributed by atoms with van der Waals surface area (Å²) in [6, 6.07) is 0. The van der Waals surface area contributed by atoms with Crippen molar-refractivity contribution in [2.24, 2.45) is 0 Å². The quantitative estimate of drug-likeness (QED) is 0.334. The van der Waals surface area contributed by atoms with Crippen LogP contribution in [0, 0.1) is 31.2 Å². The van der Waals surface area contributed by atoms with Crippen LogP contribution in [0.1, 0.15) is 69.3 Å². The zero-order chi connectivity index (χ0) is 24.4. The topological polar surface area (TPSA) is 157 Å². The molecule has 0 aliphatic heterocycles. The largest absolute Gasteiger partial charge is 0.618 e. The molecule has 0 amide bonds. The number of aromatic nitrogens is 6. The van der Waals surface area contributed by atoms with Gasteiger partial charge in [-0.05, 0) is 6.92 Å². The van der Waals surface area contributed by atoms with E-state index in [1.165, 1.54) is 51.8 Å². The van der Waals surface area contributed by atoms with Gasteiger partial charge in [-0.1, -0.05) is 0 Å². The zero-order valence-corrected chi connectivity index (χ0v) is 18.7. The monoisotopic (exact) mass is 440 g/mol. The summed E-state index contributed by atoms with van der Waals surface area (Å²) in [6.45, 7) is 9.30. The van der Waals surface area contributed by atoms with Crippen molar-refractivity contribution in [1.82, 2.24) is 19.9 Å². The van der Waals surface area contributed by atoms with Crippen LogP contribution in [-0.4, -0.2) is 37.3 Å². The molecule has 3 heterocycles. The van der Waals surface area contributed by atoms with Gasteiger partial charge in [-0.2, -0.15) is 9.46 Å². The highest BCUT2D eigenvalue weighted by Gasteiger charge is 2.07. The summed E-state index contributed by atoms with van der Waals surface area (Å²) in [5, 5.41) is 21.7. The second-order valence-electron chi connectivity index (χ2n) is 6.69. The normalized spacial score (nSPS) is 9.56. The van der Waals surface area contributed by atoms with Crippen LogP contribution >= 0.6 is 0 Å². The molecule has 0 fully saturated rings. The molecular formula is C21H24N6O5. The van der Waals surface area contributed by atoms with Gasteiger partial charge in [0.2, 0.25) is 23.8 Å². The van der Waals surface area contributed by atoms with Gasteiger partial charge in [-0.3, -0.25) is 19.4 Å². The van der Waals surface area contributed by atoms with Gasteiger partial charge in [0, 0.05) is 40.8 Å². The van der Waals surface area contributed by atoms with Crippen molar-refractivity contribution in [2.45, 2.75) is 41.5 Å². The molecule has 0 bridgehead atoms. The average molecular weight is 440 g/mol. The van der Waals surface area contributed by atoms with Crippen LogP contribution in [-0.2, 0) is 0 Å². The predicted molar refractivity (Wildman–Crippen MR) is 113 cm³/mol. The highest BCUT2D eigenvalue weighted by atomic mass is 16.5. The molecular weight excluding hydrogens is 416 g/mol. The van der Waals surface area contributed by atoms with E-state index in [4.69, 9.17) is 0 Å². The number of hydrogen-bond donors (Lipinski definition) is 0.